The molecule has 0 unspecified atom stereocenters. The molecule has 2 saturated carbocycles. The number of benzene rings is 2. The molecule has 2 fully saturated rings. The third-order valence-corrected chi connectivity index (χ3v) is 8.55. The van der Waals surface area contributed by atoms with E-state index < -0.39 is 5.54 Å². The Labute approximate surface area is 238 Å². The predicted octanol–water partition coefficient (Wildman–Crippen LogP) is 6.76. The topological polar surface area (TPSA) is 88.3 Å². The fourth-order valence-electron chi connectivity index (χ4n) is 5.79. The number of aromatic nitrogens is 1. The summed E-state index contributed by atoms with van der Waals surface area (Å²) < 4.78 is 0. The highest BCUT2D eigenvalue weighted by molar-refractivity contribution is 5.93. The number of rotatable bonds is 9. The number of hydrogen-bond donors (Lipinski definition) is 2. The maximum atomic E-state index is 13.1. The van der Waals surface area contributed by atoms with Crippen molar-refractivity contribution in [1.29, 1.82) is 0 Å². The summed E-state index contributed by atoms with van der Waals surface area (Å²) in [5.74, 6) is 1.26. The summed E-state index contributed by atoms with van der Waals surface area (Å²) in [4.78, 5) is 32.3. The van der Waals surface area contributed by atoms with Crippen molar-refractivity contribution in [2.75, 3.05) is 12.4 Å². The smallest absolute Gasteiger partial charge is 0.224 e. The number of amides is 2. The van der Waals surface area contributed by atoms with Gasteiger partial charge in [0.2, 0.25) is 11.8 Å². The van der Waals surface area contributed by atoms with Gasteiger partial charge in [0.15, 0.2) is 0 Å². The molecular weight excluding hydrogens is 496 g/mol. The molecule has 0 spiro atoms. The Morgan fingerprint density at radius 3 is 2.15 bits per heavy atom. The van der Waals surface area contributed by atoms with Gasteiger partial charge in [-0.25, -0.2) is 0 Å². The fraction of sp³-hybridized carbons (Fsp3) is 0.441. The number of carbonyl (C=O) groups excluding carboxylic acids is 2. The summed E-state index contributed by atoms with van der Waals surface area (Å²) in [6, 6.07) is 20.7. The molecule has 0 radical (unpaired) electrons. The Morgan fingerprint density at radius 1 is 0.900 bits per heavy atom. The molecule has 3 N–H and O–H groups in total. The zero-order valence-corrected chi connectivity index (χ0v) is 24.0. The normalized spacial score (nSPS) is 19.2. The molecule has 6 nitrogen and oxygen atoms in total. The highest BCUT2D eigenvalue weighted by Gasteiger charge is 2.31. The van der Waals surface area contributed by atoms with Crippen molar-refractivity contribution in [1.82, 2.24) is 9.88 Å². The van der Waals surface area contributed by atoms with Gasteiger partial charge < -0.3 is 16.0 Å². The quantitative estimate of drug-likeness (QED) is 0.315. The van der Waals surface area contributed by atoms with Gasteiger partial charge in [0.1, 0.15) is 0 Å². The van der Waals surface area contributed by atoms with Crippen molar-refractivity contribution in [3.05, 3.63) is 72.4 Å². The van der Waals surface area contributed by atoms with Gasteiger partial charge in [0.05, 0.1) is 17.6 Å². The molecule has 0 bridgehead atoms. The van der Waals surface area contributed by atoms with Crippen molar-refractivity contribution >= 4 is 17.5 Å². The van der Waals surface area contributed by atoms with Crippen LogP contribution in [-0.4, -0.2) is 34.8 Å². The second-order valence-electron chi connectivity index (χ2n) is 12.4. The molecule has 40 heavy (non-hydrogen) atoms. The van der Waals surface area contributed by atoms with Crippen LogP contribution in [0.5, 0.6) is 0 Å². The molecule has 1 aromatic heterocycles. The molecule has 5 rings (SSSR count). The Balaban J connectivity index is 1.24. The van der Waals surface area contributed by atoms with Crippen molar-refractivity contribution in [3.63, 3.8) is 0 Å². The molecule has 0 aliphatic heterocycles. The summed E-state index contributed by atoms with van der Waals surface area (Å²) in [7, 11) is 1.96. The number of nitrogens with two attached hydrogens (primary N) is 1. The highest BCUT2D eigenvalue weighted by Crippen LogP contribution is 2.36. The largest absolute Gasteiger partial charge is 0.343 e. The van der Waals surface area contributed by atoms with Crippen molar-refractivity contribution in [2.24, 2.45) is 17.6 Å². The Hall–Kier alpha value is -3.51. The van der Waals surface area contributed by atoms with E-state index in [1.165, 1.54) is 12.8 Å². The fourth-order valence-corrected chi connectivity index (χ4v) is 5.79. The lowest BCUT2D eigenvalue weighted by Crippen LogP contribution is -2.39. The molecule has 2 aliphatic carbocycles. The van der Waals surface area contributed by atoms with Gasteiger partial charge in [-0.3, -0.25) is 14.6 Å². The lowest BCUT2D eigenvalue weighted by molar-refractivity contribution is -0.133. The summed E-state index contributed by atoms with van der Waals surface area (Å²) in [5.41, 5.74) is 11.5. The van der Waals surface area contributed by atoms with E-state index in [1.807, 2.05) is 50.1 Å². The van der Waals surface area contributed by atoms with Gasteiger partial charge >= 0.3 is 0 Å². The predicted molar refractivity (Wildman–Crippen MR) is 161 cm³/mol. The second kappa shape index (κ2) is 11.9. The summed E-state index contributed by atoms with van der Waals surface area (Å²) in [5, 5.41) is 3.11. The van der Waals surface area contributed by atoms with E-state index in [1.54, 1.807) is 6.20 Å². The molecule has 3 aromatic rings. The average Bonchev–Trinajstić information content (AvgIpc) is 3.77. The van der Waals surface area contributed by atoms with Crippen LogP contribution in [0, 0.1) is 11.8 Å². The molecular formula is C34H42N4O2. The molecule has 210 valence electrons. The maximum absolute atomic E-state index is 13.1. The van der Waals surface area contributed by atoms with Crippen LogP contribution in [0.3, 0.4) is 0 Å². The van der Waals surface area contributed by atoms with Crippen molar-refractivity contribution in [2.45, 2.75) is 76.8 Å². The zero-order chi connectivity index (χ0) is 28.3. The number of nitrogens with zero attached hydrogens (tertiary/aromatic N) is 2. The SMILES string of the molecule is CN(C(=O)CC1CC1)C1CCC(CC(=O)Nc2cnc(-c3ccc(C(C)(C)N)cc3)c(-c3ccccc3)c2)CC1. The minimum Gasteiger partial charge on any atom is -0.343 e. The number of pyridine rings is 1. The van der Waals surface area contributed by atoms with E-state index in [-0.39, 0.29) is 11.8 Å². The highest BCUT2D eigenvalue weighted by atomic mass is 16.2. The first kappa shape index (κ1) is 28.0. The van der Waals surface area contributed by atoms with Crippen molar-refractivity contribution in [3.8, 4) is 22.4 Å². The Bertz CT molecular complexity index is 1320. The molecule has 2 amide bonds. The van der Waals surface area contributed by atoms with E-state index in [4.69, 9.17) is 10.7 Å². The Kier molecular flexibility index (Phi) is 8.36. The first-order valence-electron chi connectivity index (χ1n) is 14.7. The lowest BCUT2D eigenvalue weighted by atomic mass is 9.83. The number of anilines is 1. The zero-order valence-electron chi connectivity index (χ0n) is 24.0. The first-order valence-corrected chi connectivity index (χ1v) is 14.7. The monoisotopic (exact) mass is 538 g/mol. The summed E-state index contributed by atoms with van der Waals surface area (Å²) in [6.07, 6.45) is 9.23. The average molecular weight is 539 g/mol. The Morgan fingerprint density at radius 2 is 1.52 bits per heavy atom. The summed E-state index contributed by atoms with van der Waals surface area (Å²) in [6.45, 7) is 3.99. The van der Waals surface area contributed by atoms with Crippen LogP contribution < -0.4 is 11.1 Å². The molecule has 2 aromatic carbocycles. The van der Waals surface area contributed by atoms with Gasteiger partial charge in [-0.2, -0.15) is 0 Å². The molecule has 0 saturated heterocycles. The van der Waals surface area contributed by atoms with E-state index in [2.05, 4.69) is 41.7 Å². The van der Waals surface area contributed by atoms with Crippen LogP contribution in [0.1, 0.15) is 70.8 Å². The van der Waals surface area contributed by atoms with E-state index in [0.29, 0.717) is 36.4 Å². The lowest BCUT2D eigenvalue weighted by Gasteiger charge is -2.34. The third-order valence-electron chi connectivity index (χ3n) is 8.55. The first-order chi connectivity index (χ1) is 19.2. The minimum absolute atomic E-state index is 0.0182. The third kappa shape index (κ3) is 6.97. The second-order valence-corrected chi connectivity index (χ2v) is 12.4. The van der Waals surface area contributed by atoms with Crippen LogP contribution >= 0.6 is 0 Å². The standard InChI is InChI=1S/C34H42N4O2/c1-34(2,35)27-15-13-26(14-16-27)33-30(25-7-5-4-6-8-25)21-28(22-36-33)37-31(39)19-23-11-17-29(18-12-23)38(3)32(40)20-24-9-10-24/h4-8,13-16,21-24,29H,9-12,17-20,35H2,1-3H3,(H,37,39). The molecule has 1 heterocycles. The van der Waals surface area contributed by atoms with E-state index in [0.717, 1.165) is 53.6 Å². The minimum atomic E-state index is -0.412. The molecule has 2 aliphatic rings. The van der Waals surface area contributed by atoms with Crippen LogP contribution in [0.15, 0.2) is 66.9 Å². The number of nitrogens with one attached hydrogen (secondary N) is 1. The van der Waals surface area contributed by atoms with Crippen LogP contribution in [0.25, 0.3) is 22.4 Å². The van der Waals surface area contributed by atoms with Crippen LogP contribution in [-0.2, 0) is 15.1 Å². The van der Waals surface area contributed by atoms with Gasteiger partial charge in [-0.05, 0) is 81.4 Å². The van der Waals surface area contributed by atoms with Gasteiger partial charge in [0, 0.05) is 42.6 Å². The van der Waals surface area contributed by atoms with Crippen LogP contribution in [0.2, 0.25) is 0 Å². The molecule has 0 atom stereocenters. The van der Waals surface area contributed by atoms with E-state index >= 15 is 0 Å². The van der Waals surface area contributed by atoms with E-state index in [9.17, 15) is 9.59 Å². The number of hydrogen-bond acceptors (Lipinski definition) is 4. The van der Waals surface area contributed by atoms with Gasteiger partial charge in [-0.1, -0.05) is 54.6 Å². The van der Waals surface area contributed by atoms with Crippen LogP contribution in [0.4, 0.5) is 5.69 Å². The molecule has 6 heteroatoms. The van der Waals surface area contributed by atoms with Gasteiger partial charge in [0.25, 0.3) is 0 Å². The van der Waals surface area contributed by atoms with Crippen molar-refractivity contribution < 1.29 is 9.59 Å². The number of carbonyl (C=O) groups is 2. The maximum Gasteiger partial charge on any atom is 0.224 e. The summed E-state index contributed by atoms with van der Waals surface area (Å²) >= 11 is 0. The van der Waals surface area contributed by atoms with Gasteiger partial charge in [-0.15, -0.1) is 0 Å².